The van der Waals surface area contributed by atoms with E-state index in [1.807, 2.05) is 24.0 Å². The molecule has 2 unspecified atom stereocenters. The number of hydrogen-bond donors (Lipinski definition) is 1. The average molecular weight is 511 g/mol. The van der Waals surface area contributed by atoms with E-state index < -0.39 is 5.97 Å². The van der Waals surface area contributed by atoms with Gasteiger partial charge < -0.3 is 19.3 Å². The number of fused-ring (bicyclic) bond motifs is 3. The number of amides is 2. The molecule has 0 spiro atoms. The summed E-state index contributed by atoms with van der Waals surface area (Å²) in [7, 11) is 1.40. The Hall–Kier alpha value is -3.10. The van der Waals surface area contributed by atoms with Gasteiger partial charge in [-0.25, -0.2) is 9.78 Å². The number of rotatable bonds is 5. The maximum atomic E-state index is 12.6. The molecule has 2 aromatic rings. The first-order chi connectivity index (χ1) is 17.8. The first-order valence-corrected chi connectivity index (χ1v) is 13.7. The van der Waals surface area contributed by atoms with Crippen molar-refractivity contribution in [1.29, 1.82) is 0 Å². The molecule has 3 heterocycles. The number of carbonyl (C=O) groups excluding carboxylic acids is 2. The van der Waals surface area contributed by atoms with Crippen LogP contribution in [0.3, 0.4) is 0 Å². The van der Waals surface area contributed by atoms with E-state index in [1.54, 1.807) is 4.90 Å². The second-order valence-corrected chi connectivity index (χ2v) is 11.1. The van der Waals surface area contributed by atoms with Gasteiger partial charge in [0.25, 0.3) is 0 Å². The quantitative estimate of drug-likeness (QED) is 0.615. The Balaban J connectivity index is 1.61. The van der Waals surface area contributed by atoms with Crippen LogP contribution in [0.1, 0.15) is 88.6 Å². The van der Waals surface area contributed by atoms with Crippen LogP contribution in [0.15, 0.2) is 12.1 Å². The van der Waals surface area contributed by atoms with Gasteiger partial charge in [-0.1, -0.05) is 13.3 Å². The number of methoxy groups -OCH3 is 1. The van der Waals surface area contributed by atoms with Crippen LogP contribution in [0.4, 0.5) is 10.5 Å². The van der Waals surface area contributed by atoms with Gasteiger partial charge in [-0.05, 0) is 64.0 Å². The van der Waals surface area contributed by atoms with E-state index in [0.717, 1.165) is 73.2 Å². The minimum absolute atomic E-state index is 0.00507. The van der Waals surface area contributed by atoms with Crippen LogP contribution in [-0.2, 0) is 20.7 Å². The molecule has 1 saturated heterocycles. The molecule has 0 bridgehead atoms. The van der Waals surface area contributed by atoms with Crippen molar-refractivity contribution >= 4 is 34.7 Å². The number of likely N-dealkylation sites (tertiary alicyclic amines) is 1. The van der Waals surface area contributed by atoms with Crippen LogP contribution in [0.2, 0.25) is 0 Å². The number of piperidine rings is 1. The molecule has 2 amide bonds. The highest BCUT2D eigenvalue weighted by molar-refractivity contribution is 5.95. The van der Waals surface area contributed by atoms with Gasteiger partial charge in [0, 0.05) is 43.1 Å². The standard InChI is InChI=1S/C28H38N4O5/c1-17(16-30-14-5-4-9-24(30)33)26-29-25-21-11-10-18(2)31(28(36)37-3)22(21)12-13-23(25)32(26)20-8-6-7-19(15-20)27(34)35/h12-13,17-20H,4-11,14-16H2,1-3H3,(H,34,35)/t17?,18?,19-,20-/m1/s1. The van der Waals surface area contributed by atoms with Crippen molar-refractivity contribution in [3.8, 4) is 0 Å². The van der Waals surface area contributed by atoms with Crippen molar-refractivity contribution in [3.63, 3.8) is 0 Å². The molecule has 1 aromatic heterocycles. The zero-order valence-electron chi connectivity index (χ0n) is 22.1. The van der Waals surface area contributed by atoms with Gasteiger partial charge in [-0.15, -0.1) is 0 Å². The van der Waals surface area contributed by atoms with Crippen LogP contribution < -0.4 is 4.90 Å². The third-order valence-corrected chi connectivity index (χ3v) is 8.57. The smallest absolute Gasteiger partial charge is 0.414 e. The van der Waals surface area contributed by atoms with Crippen LogP contribution in [-0.4, -0.2) is 63.8 Å². The first-order valence-electron chi connectivity index (χ1n) is 13.7. The largest absolute Gasteiger partial charge is 0.481 e. The highest BCUT2D eigenvalue weighted by atomic mass is 16.5. The predicted octanol–water partition coefficient (Wildman–Crippen LogP) is 4.88. The summed E-state index contributed by atoms with van der Waals surface area (Å²) in [4.78, 5) is 46.0. The third-order valence-electron chi connectivity index (χ3n) is 8.57. The summed E-state index contributed by atoms with van der Waals surface area (Å²) in [5.74, 6) is -0.000854. The first kappa shape index (κ1) is 25.5. The van der Waals surface area contributed by atoms with Gasteiger partial charge >= 0.3 is 12.1 Å². The number of imidazole rings is 1. The van der Waals surface area contributed by atoms with Crippen molar-refractivity contribution < 1.29 is 24.2 Å². The maximum absolute atomic E-state index is 12.6. The number of aromatic nitrogens is 2. The molecule has 5 rings (SSSR count). The number of hydrogen-bond acceptors (Lipinski definition) is 5. The number of carboxylic acids is 1. The van der Waals surface area contributed by atoms with Gasteiger partial charge in [0.1, 0.15) is 5.82 Å². The Bertz CT molecular complexity index is 1210. The monoisotopic (exact) mass is 510 g/mol. The Labute approximate surface area is 217 Å². The number of benzene rings is 1. The molecule has 1 saturated carbocycles. The zero-order chi connectivity index (χ0) is 26.3. The van der Waals surface area contributed by atoms with Crippen molar-refractivity contribution in [3.05, 3.63) is 23.5 Å². The highest BCUT2D eigenvalue weighted by Crippen LogP contribution is 2.41. The fraction of sp³-hybridized carbons (Fsp3) is 0.643. The fourth-order valence-corrected chi connectivity index (χ4v) is 6.61. The SMILES string of the molecule is COC(=O)N1c2ccc3c(nc(C(C)CN4CCCCC4=O)n3[C@@H]3CCC[C@@H](C(=O)O)C3)c2CCC1C. The summed E-state index contributed by atoms with van der Waals surface area (Å²) < 4.78 is 7.36. The average Bonchev–Trinajstić information content (AvgIpc) is 3.29. The number of ether oxygens (including phenoxy) is 1. The van der Waals surface area contributed by atoms with Crippen LogP contribution >= 0.6 is 0 Å². The van der Waals surface area contributed by atoms with Gasteiger partial charge in [0.2, 0.25) is 5.91 Å². The molecule has 1 N–H and O–H groups in total. The maximum Gasteiger partial charge on any atom is 0.414 e. The molecular formula is C28H38N4O5. The van der Waals surface area contributed by atoms with Gasteiger partial charge in [0.15, 0.2) is 0 Å². The molecule has 9 heteroatoms. The molecule has 2 fully saturated rings. The lowest BCUT2D eigenvalue weighted by atomic mass is 9.85. The molecule has 9 nitrogen and oxygen atoms in total. The number of aryl methyl sites for hydroxylation is 1. The van der Waals surface area contributed by atoms with Crippen molar-refractivity contribution in [1.82, 2.24) is 14.5 Å². The summed E-state index contributed by atoms with van der Waals surface area (Å²) in [5.41, 5.74) is 3.73. The number of carbonyl (C=O) groups is 3. The molecule has 37 heavy (non-hydrogen) atoms. The highest BCUT2D eigenvalue weighted by Gasteiger charge is 2.35. The number of nitrogens with zero attached hydrogens (tertiary/aromatic N) is 4. The molecule has 0 radical (unpaired) electrons. The van der Waals surface area contributed by atoms with Crippen LogP contribution in [0, 0.1) is 5.92 Å². The van der Waals surface area contributed by atoms with E-state index in [4.69, 9.17) is 9.72 Å². The van der Waals surface area contributed by atoms with Crippen molar-refractivity contribution in [2.45, 2.75) is 89.6 Å². The van der Waals surface area contributed by atoms with E-state index in [9.17, 15) is 19.5 Å². The summed E-state index contributed by atoms with van der Waals surface area (Å²) in [5, 5.41) is 9.76. The zero-order valence-corrected chi connectivity index (χ0v) is 22.1. The third kappa shape index (κ3) is 4.68. The van der Waals surface area contributed by atoms with Crippen LogP contribution in [0.25, 0.3) is 11.0 Å². The molecule has 4 atom stereocenters. The van der Waals surface area contributed by atoms with Crippen molar-refractivity contribution in [2.75, 3.05) is 25.1 Å². The Kier molecular flexibility index (Phi) is 7.14. The molecule has 200 valence electrons. The second-order valence-electron chi connectivity index (χ2n) is 11.1. The predicted molar refractivity (Wildman–Crippen MR) is 140 cm³/mol. The second kappa shape index (κ2) is 10.3. The number of anilines is 1. The van der Waals surface area contributed by atoms with Gasteiger partial charge in [0.05, 0.1) is 29.7 Å². The van der Waals surface area contributed by atoms with E-state index in [1.165, 1.54) is 7.11 Å². The number of aliphatic carboxylic acids is 1. The Morgan fingerprint density at radius 1 is 1.16 bits per heavy atom. The van der Waals surface area contributed by atoms with Gasteiger partial charge in [-0.2, -0.15) is 0 Å². The lowest BCUT2D eigenvalue weighted by molar-refractivity contribution is -0.143. The molecule has 3 aliphatic rings. The van der Waals surface area contributed by atoms with E-state index in [0.29, 0.717) is 25.8 Å². The summed E-state index contributed by atoms with van der Waals surface area (Å²) >= 11 is 0. The fourth-order valence-electron chi connectivity index (χ4n) is 6.61. The molecule has 2 aliphatic heterocycles. The molecular weight excluding hydrogens is 472 g/mol. The topological polar surface area (TPSA) is 105 Å². The van der Waals surface area contributed by atoms with E-state index in [-0.39, 0.29) is 35.9 Å². The number of carboxylic acid groups (broad SMARTS) is 1. The lowest BCUT2D eigenvalue weighted by Crippen LogP contribution is -2.42. The minimum atomic E-state index is -0.734. The molecule has 1 aliphatic carbocycles. The van der Waals surface area contributed by atoms with Gasteiger partial charge in [-0.3, -0.25) is 14.5 Å². The molecule has 1 aromatic carbocycles. The Morgan fingerprint density at radius 2 is 1.97 bits per heavy atom. The summed E-state index contributed by atoms with van der Waals surface area (Å²) in [6, 6.07) is 4.08. The Morgan fingerprint density at radius 3 is 2.70 bits per heavy atom. The van der Waals surface area contributed by atoms with Crippen molar-refractivity contribution in [2.24, 2.45) is 5.92 Å². The van der Waals surface area contributed by atoms with E-state index >= 15 is 0 Å². The minimum Gasteiger partial charge on any atom is -0.481 e. The lowest BCUT2D eigenvalue weighted by Gasteiger charge is -2.34. The van der Waals surface area contributed by atoms with Crippen LogP contribution in [0.5, 0.6) is 0 Å². The van der Waals surface area contributed by atoms with E-state index in [2.05, 4.69) is 11.5 Å². The normalized spacial score (nSPS) is 25.2. The summed E-state index contributed by atoms with van der Waals surface area (Å²) in [6.07, 6.45) is 6.85. The summed E-state index contributed by atoms with van der Waals surface area (Å²) in [6.45, 7) is 5.52.